The quantitative estimate of drug-likeness (QED) is 0.805. The summed E-state index contributed by atoms with van der Waals surface area (Å²) >= 11 is 3.36. The summed E-state index contributed by atoms with van der Waals surface area (Å²) in [5, 5.41) is 0. The molecule has 1 amide bonds. The number of hydrogen-bond donors (Lipinski definition) is 1. The van der Waals surface area contributed by atoms with E-state index in [1.54, 1.807) is 18.2 Å². The van der Waals surface area contributed by atoms with E-state index in [9.17, 15) is 4.79 Å². The van der Waals surface area contributed by atoms with Crippen molar-refractivity contribution in [2.45, 2.75) is 13.0 Å². The van der Waals surface area contributed by atoms with Gasteiger partial charge in [0.25, 0.3) is 5.91 Å². The highest BCUT2D eigenvalue weighted by Gasteiger charge is 2.25. The monoisotopic (exact) mass is 311 g/mol. The van der Waals surface area contributed by atoms with Crippen LogP contribution in [0.15, 0.2) is 22.7 Å². The van der Waals surface area contributed by atoms with Gasteiger partial charge >= 0.3 is 0 Å². The molecular weight excluding hydrogens is 294 g/mol. The Labute approximate surface area is 116 Å². The highest BCUT2D eigenvalue weighted by Crippen LogP contribution is 2.22. The lowest BCUT2D eigenvalue weighted by Gasteiger charge is -2.37. The number of halogens is 1. The molecule has 0 aliphatic carbocycles. The number of benzene rings is 1. The fraction of sp³-hybridized carbons (Fsp3) is 0.462. The van der Waals surface area contributed by atoms with Crippen molar-refractivity contribution >= 4 is 27.5 Å². The molecule has 0 spiro atoms. The SMILES string of the molecule is CC1CN(C(=O)c2ccc(N)c(Br)c2)CCN1C. The van der Waals surface area contributed by atoms with Gasteiger partial charge in [-0.3, -0.25) is 4.79 Å². The van der Waals surface area contributed by atoms with Crippen molar-refractivity contribution in [3.8, 4) is 0 Å². The first-order chi connectivity index (χ1) is 8.49. The van der Waals surface area contributed by atoms with Gasteiger partial charge in [0, 0.05) is 41.4 Å². The lowest BCUT2D eigenvalue weighted by atomic mass is 10.1. The molecule has 18 heavy (non-hydrogen) atoms. The third-order valence-corrected chi connectivity index (χ3v) is 4.18. The van der Waals surface area contributed by atoms with E-state index in [-0.39, 0.29) is 5.91 Å². The first-order valence-corrected chi connectivity index (χ1v) is 6.83. The standard InChI is InChI=1S/C13H18BrN3O/c1-9-8-17(6-5-16(9)2)13(18)10-3-4-12(15)11(14)7-10/h3-4,7,9H,5-6,8,15H2,1-2H3. The second kappa shape index (κ2) is 5.28. The van der Waals surface area contributed by atoms with Crippen LogP contribution in [0, 0.1) is 0 Å². The van der Waals surface area contributed by atoms with Crippen LogP contribution < -0.4 is 5.73 Å². The van der Waals surface area contributed by atoms with Crippen LogP contribution in [0.1, 0.15) is 17.3 Å². The van der Waals surface area contributed by atoms with Crippen LogP contribution in [-0.2, 0) is 0 Å². The third kappa shape index (κ3) is 2.67. The Balaban J connectivity index is 2.14. The molecule has 5 heteroatoms. The van der Waals surface area contributed by atoms with E-state index in [1.165, 1.54) is 0 Å². The predicted molar refractivity (Wildman–Crippen MR) is 76.5 cm³/mol. The summed E-state index contributed by atoms with van der Waals surface area (Å²) in [5.41, 5.74) is 7.07. The number of rotatable bonds is 1. The molecular formula is C13H18BrN3O. The lowest BCUT2D eigenvalue weighted by molar-refractivity contribution is 0.0572. The summed E-state index contributed by atoms with van der Waals surface area (Å²) < 4.78 is 0.774. The highest BCUT2D eigenvalue weighted by molar-refractivity contribution is 9.10. The number of amides is 1. The molecule has 0 aromatic heterocycles. The zero-order valence-electron chi connectivity index (χ0n) is 10.7. The van der Waals surface area contributed by atoms with Crippen molar-refractivity contribution < 1.29 is 4.79 Å². The van der Waals surface area contributed by atoms with Crippen LogP contribution in [-0.4, -0.2) is 48.4 Å². The van der Waals surface area contributed by atoms with Gasteiger partial charge in [0.1, 0.15) is 0 Å². The smallest absolute Gasteiger partial charge is 0.253 e. The molecule has 1 aromatic rings. The Morgan fingerprint density at radius 1 is 1.44 bits per heavy atom. The lowest BCUT2D eigenvalue weighted by Crippen LogP contribution is -2.52. The van der Waals surface area contributed by atoms with Crippen molar-refractivity contribution in [2.75, 3.05) is 32.4 Å². The zero-order valence-corrected chi connectivity index (χ0v) is 12.3. The van der Waals surface area contributed by atoms with E-state index in [0.717, 1.165) is 24.1 Å². The minimum atomic E-state index is 0.0793. The largest absolute Gasteiger partial charge is 0.398 e. The molecule has 1 aliphatic rings. The maximum absolute atomic E-state index is 12.4. The van der Waals surface area contributed by atoms with Crippen LogP contribution in [0.4, 0.5) is 5.69 Å². The van der Waals surface area contributed by atoms with E-state index in [4.69, 9.17) is 5.73 Å². The number of nitrogens with zero attached hydrogens (tertiary/aromatic N) is 2. The Bertz CT molecular complexity index is 464. The minimum absolute atomic E-state index is 0.0793. The maximum Gasteiger partial charge on any atom is 0.253 e. The molecule has 0 radical (unpaired) electrons. The Morgan fingerprint density at radius 2 is 2.17 bits per heavy atom. The maximum atomic E-state index is 12.4. The second-order valence-corrected chi connectivity index (χ2v) is 5.67. The number of carbonyl (C=O) groups excluding carboxylic acids is 1. The normalized spacial score (nSPS) is 21.1. The number of nitrogens with two attached hydrogens (primary N) is 1. The van der Waals surface area contributed by atoms with Crippen molar-refractivity contribution in [1.29, 1.82) is 0 Å². The van der Waals surface area contributed by atoms with Gasteiger partial charge in [-0.1, -0.05) is 0 Å². The molecule has 1 saturated heterocycles. The molecule has 1 fully saturated rings. The number of carbonyl (C=O) groups is 1. The molecule has 1 aromatic carbocycles. The molecule has 1 aliphatic heterocycles. The number of likely N-dealkylation sites (N-methyl/N-ethyl adjacent to an activating group) is 1. The Kier molecular flexibility index (Phi) is 3.92. The summed E-state index contributed by atoms with van der Waals surface area (Å²) in [6, 6.07) is 5.74. The highest BCUT2D eigenvalue weighted by atomic mass is 79.9. The first kappa shape index (κ1) is 13.4. The predicted octanol–water partition coefficient (Wildman–Crippen LogP) is 1.81. The Hall–Kier alpha value is -1.07. The molecule has 1 atom stereocenters. The molecule has 0 saturated carbocycles. The van der Waals surface area contributed by atoms with Crippen molar-refractivity contribution in [1.82, 2.24) is 9.80 Å². The van der Waals surface area contributed by atoms with Gasteiger partial charge in [-0.15, -0.1) is 0 Å². The molecule has 2 N–H and O–H groups in total. The molecule has 4 nitrogen and oxygen atoms in total. The van der Waals surface area contributed by atoms with E-state index >= 15 is 0 Å². The minimum Gasteiger partial charge on any atom is -0.398 e. The first-order valence-electron chi connectivity index (χ1n) is 6.03. The number of anilines is 1. The Morgan fingerprint density at radius 3 is 2.78 bits per heavy atom. The van der Waals surface area contributed by atoms with Crippen LogP contribution >= 0.6 is 15.9 Å². The van der Waals surface area contributed by atoms with Gasteiger partial charge < -0.3 is 15.5 Å². The summed E-state index contributed by atoms with van der Waals surface area (Å²) in [7, 11) is 2.09. The van der Waals surface area contributed by atoms with E-state index < -0.39 is 0 Å². The number of hydrogen-bond acceptors (Lipinski definition) is 3. The van der Waals surface area contributed by atoms with Crippen LogP contribution in [0.5, 0.6) is 0 Å². The molecule has 1 heterocycles. The molecule has 2 rings (SSSR count). The van der Waals surface area contributed by atoms with Gasteiger partial charge in [0.2, 0.25) is 0 Å². The van der Waals surface area contributed by atoms with Gasteiger partial charge in [-0.2, -0.15) is 0 Å². The van der Waals surface area contributed by atoms with Crippen molar-refractivity contribution in [2.24, 2.45) is 0 Å². The van der Waals surface area contributed by atoms with E-state index in [1.807, 2.05) is 4.90 Å². The zero-order chi connectivity index (χ0) is 13.3. The van der Waals surface area contributed by atoms with Crippen molar-refractivity contribution in [3.05, 3.63) is 28.2 Å². The van der Waals surface area contributed by atoms with Crippen LogP contribution in [0.25, 0.3) is 0 Å². The molecule has 1 unspecified atom stereocenters. The average molecular weight is 312 g/mol. The molecule has 0 bridgehead atoms. The van der Waals surface area contributed by atoms with Gasteiger partial charge in [-0.25, -0.2) is 0 Å². The summed E-state index contributed by atoms with van der Waals surface area (Å²) in [6.45, 7) is 4.61. The number of nitrogen functional groups attached to an aromatic ring is 1. The fourth-order valence-electron chi connectivity index (χ4n) is 2.08. The summed E-state index contributed by atoms with van der Waals surface area (Å²) in [4.78, 5) is 16.5. The number of piperazine rings is 1. The van der Waals surface area contributed by atoms with Crippen LogP contribution in [0.2, 0.25) is 0 Å². The average Bonchev–Trinajstić information content (AvgIpc) is 2.35. The topological polar surface area (TPSA) is 49.6 Å². The molecule has 98 valence electrons. The third-order valence-electron chi connectivity index (χ3n) is 3.49. The second-order valence-electron chi connectivity index (χ2n) is 4.82. The fourth-order valence-corrected chi connectivity index (χ4v) is 2.45. The van der Waals surface area contributed by atoms with Crippen molar-refractivity contribution in [3.63, 3.8) is 0 Å². The van der Waals surface area contributed by atoms with E-state index in [2.05, 4.69) is 34.8 Å². The van der Waals surface area contributed by atoms with Gasteiger partial charge in [0.05, 0.1) is 0 Å². The van der Waals surface area contributed by atoms with Gasteiger partial charge in [0.15, 0.2) is 0 Å². The van der Waals surface area contributed by atoms with E-state index in [0.29, 0.717) is 17.3 Å². The summed E-state index contributed by atoms with van der Waals surface area (Å²) in [6.07, 6.45) is 0. The summed E-state index contributed by atoms with van der Waals surface area (Å²) in [5.74, 6) is 0.0793. The van der Waals surface area contributed by atoms with Gasteiger partial charge in [-0.05, 0) is 48.1 Å². The van der Waals surface area contributed by atoms with Crippen LogP contribution in [0.3, 0.4) is 0 Å².